The van der Waals surface area contributed by atoms with Gasteiger partial charge in [-0.25, -0.2) is 13.6 Å². The summed E-state index contributed by atoms with van der Waals surface area (Å²) < 4.78 is 26.4. The van der Waals surface area contributed by atoms with Gasteiger partial charge in [0, 0.05) is 6.07 Å². The monoisotopic (exact) mass is 331 g/mol. The molecule has 0 heterocycles. The summed E-state index contributed by atoms with van der Waals surface area (Å²) in [7, 11) is 0. The molecular formula is C18H15F2NO3. The fourth-order valence-electron chi connectivity index (χ4n) is 2.04. The summed E-state index contributed by atoms with van der Waals surface area (Å²) in [5.41, 5.74) is 0.479. The number of hydrogen-bond donors (Lipinski definition) is 2. The zero-order chi connectivity index (χ0) is 17.5. The van der Waals surface area contributed by atoms with Gasteiger partial charge in [-0.15, -0.1) is 0 Å². The van der Waals surface area contributed by atoms with Gasteiger partial charge in [0.05, 0.1) is 5.56 Å². The lowest BCUT2D eigenvalue weighted by Gasteiger charge is -2.13. The van der Waals surface area contributed by atoms with Crippen molar-refractivity contribution in [2.24, 2.45) is 0 Å². The molecule has 6 heteroatoms. The fourth-order valence-corrected chi connectivity index (χ4v) is 2.04. The van der Waals surface area contributed by atoms with E-state index >= 15 is 0 Å². The SMILES string of the molecule is O=C(N[C@@H](C/C=C/c1ccccc1)C(=O)O)c1ccc(F)cc1F. The van der Waals surface area contributed by atoms with Gasteiger partial charge in [-0.3, -0.25) is 4.79 Å². The van der Waals surface area contributed by atoms with Crippen LogP contribution in [-0.2, 0) is 4.79 Å². The molecule has 0 fully saturated rings. The molecule has 1 amide bonds. The number of nitrogens with one attached hydrogen (secondary N) is 1. The molecule has 0 saturated carbocycles. The maximum Gasteiger partial charge on any atom is 0.326 e. The maximum absolute atomic E-state index is 13.6. The highest BCUT2D eigenvalue weighted by atomic mass is 19.1. The lowest BCUT2D eigenvalue weighted by molar-refractivity contribution is -0.139. The Kier molecular flexibility index (Phi) is 5.78. The van der Waals surface area contributed by atoms with Crippen LogP contribution in [0.1, 0.15) is 22.3 Å². The van der Waals surface area contributed by atoms with Gasteiger partial charge in [0.15, 0.2) is 0 Å². The fraction of sp³-hybridized carbons (Fsp3) is 0.111. The predicted molar refractivity (Wildman–Crippen MR) is 85.3 cm³/mol. The van der Waals surface area contributed by atoms with E-state index in [1.807, 2.05) is 30.3 Å². The average Bonchev–Trinajstić information content (AvgIpc) is 2.54. The Morgan fingerprint density at radius 1 is 1.12 bits per heavy atom. The van der Waals surface area contributed by atoms with Gasteiger partial charge in [-0.2, -0.15) is 0 Å². The van der Waals surface area contributed by atoms with Crippen molar-refractivity contribution in [3.8, 4) is 0 Å². The first-order valence-corrected chi connectivity index (χ1v) is 7.17. The van der Waals surface area contributed by atoms with E-state index in [-0.39, 0.29) is 6.42 Å². The number of benzene rings is 2. The van der Waals surface area contributed by atoms with Crippen molar-refractivity contribution < 1.29 is 23.5 Å². The topological polar surface area (TPSA) is 66.4 Å². The van der Waals surface area contributed by atoms with E-state index in [9.17, 15) is 23.5 Å². The number of amides is 1. The van der Waals surface area contributed by atoms with Crippen LogP contribution in [-0.4, -0.2) is 23.0 Å². The first kappa shape index (κ1) is 17.3. The van der Waals surface area contributed by atoms with Crippen molar-refractivity contribution in [1.82, 2.24) is 5.32 Å². The molecule has 0 aliphatic carbocycles. The Hall–Kier alpha value is -3.02. The van der Waals surface area contributed by atoms with Crippen LogP contribution in [0.4, 0.5) is 8.78 Å². The average molecular weight is 331 g/mol. The summed E-state index contributed by atoms with van der Waals surface area (Å²) in [6, 6.07) is 10.5. The van der Waals surface area contributed by atoms with Crippen molar-refractivity contribution >= 4 is 18.0 Å². The molecule has 124 valence electrons. The summed E-state index contributed by atoms with van der Waals surface area (Å²) in [4.78, 5) is 23.2. The van der Waals surface area contributed by atoms with E-state index in [2.05, 4.69) is 5.32 Å². The molecule has 0 saturated heterocycles. The number of carboxylic acid groups (broad SMARTS) is 1. The smallest absolute Gasteiger partial charge is 0.326 e. The van der Waals surface area contributed by atoms with Gasteiger partial charge in [0.2, 0.25) is 0 Å². The van der Waals surface area contributed by atoms with Crippen LogP contribution in [0.25, 0.3) is 6.08 Å². The van der Waals surface area contributed by atoms with Crippen LogP contribution >= 0.6 is 0 Å². The van der Waals surface area contributed by atoms with Crippen molar-refractivity contribution in [1.29, 1.82) is 0 Å². The van der Waals surface area contributed by atoms with Crippen LogP contribution < -0.4 is 5.32 Å². The molecule has 2 rings (SSSR count). The predicted octanol–water partition coefficient (Wildman–Crippen LogP) is 3.25. The zero-order valence-electron chi connectivity index (χ0n) is 12.6. The number of carbonyl (C=O) groups excluding carboxylic acids is 1. The Balaban J connectivity index is 2.04. The normalized spacial score (nSPS) is 12.1. The molecule has 2 N–H and O–H groups in total. The molecule has 0 unspecified atom stereocenters. The van der Waals surface area contributed by atoms with E-state index in [1.54, 1.807) is 12.2 Å². The molecular weight excluding hydrogens is 316 g/mol. The van der Waals surface area contributed by atoms with Crippen molar-refractivity contribution in [3.63, 3.8) is 0 Å². The number of carboxylic acids is 1. The van der Waals surface area contributed by atoms with Crippen molar-refractivity contribution in [2.45, 2.75) is 12.5 Å². The Labute approximate surface area is 137 Å². The third-order valence-corrected chi connectivity index (χ3v) is 3.26. The highest BCUT2D eigenvalue weighted by molar-refractivity contribution is 5.96. The Morgan fingerprint density at radius 2 is 1.83 bits per heavy atom. The van der Waals surface area contributed by atoms with Crippen LogP contribution in [0.15, 0.2) is 54.6 Å². The van der Waals surface area contributed by atoms with E-state index in [0.29, 0.717) is 6.07 Å². The van der Waals surface area contributed by atoms with Crippen LogP contribution in [0, 0.1) is 11.6 Å². The van der Waals surface area contributed by atoms with Crippen LogP contribution in [0.3, 0.4) is 0 Å². The van der Waals surface area contributed by atoms with Crippen molar-refractivity contribution in [3.05, 3.63) is 77.4 Å². The van der Waals surface area contributed by atoms with Gasteiger partial charge in [-0.05, 0) is 24.1 Å². The van der Waals surface area contributed by atoms with Gasteiger partial charge < -0.3 is 10.4 Å². The highest BCUT2D eigenvalue weighted by Crippen LogP contribution is 2.10. The summed E-state index contributed by atoms with van der Waals surface area (Å²) in [6.45, 7) is 0. The minimum atomic E-state index is -1.25. The van der Waals surface area contributed by atoms with E-state index in [0.717, 1.165) is 17.7 Å². The molecule has 0 aliphatic rings. The Bertz CT molecular complexity index is 760. The van der Waals surface area contributed by atoms with Crippen LogP contribution in [0.2, 0.25) is 0 Å². The molecule has 2 aromatic carbocycles. The van der Waals surface area contributed by atoms with Crippen LogP contribution in [0.5, 0.6) is 0 Å². The summed E-state index contributed by atoms with van der Waals surface area (Å²) in [5.74, 6) is -4.02. The second-order valence-corrected chi connectivity index (χ2v) is 5.04. The van der Waals surface area contributed by atoms with Crippen molar-refractivity contribution in [2.75, 3.05) is 0 Å². The lowest BCUT2D eigenvalue weighted by atomic mass is 10.1. The number of rotatable bonds is 6. The first-order valence-electron chi connectivity index (χ1n) is 7.17. The number of hydrogen-bond acceptors (Lipinski definition) is 2. The van der Waals surface area contributed by atoms with Gasteiger partial charge >= 0.3 is 5.97 Å². The number of carbonyl (C=O) groups is 2. The third-order valence-electron chi connectivity index (χ3n) is 3.26. The number of halogens is 2. The molecule has 1 atom stereocenters. The van der Waals surface area contributed by atoms with Gasteiger partial charge in [-0.1, -0.05) is 42.5 Å². The Morgan fingerprint density at radius 3 is 2.46 bits per heavy atom. The summed E-state index contributed by atoms with van der Waals surface area (Å²) >= 11 is 0. The second kappa shape index (κ2) is 8.01. The third kappa shape index (κ3) is 4.74. The second-order valence-electron chi connectivity index (χ2n) is 5.04. The van der Waals surface area contributed by atoms with Gasteiger partial charge in [0.25, 0.3) is 5.91 Å². The summed E-state index contributed by atoms with van der Waals surface area (Å²) in [5, 5.41) is 11.4. The van der Waals surface area contributed by atoms with E-state index in [1.165, 1.54) is 0 Å². The molecule has 0 radical (unpaired) electrons. The largest absolute Gasteiger partial charge is 0.480 e. The molecule has 2 aromatic rings. The summed E-state index contributed by atoms with van der Waals surface area (Å²) in [6.07, 6.45) is 3.36. The molecule has 24 heavy (non-hydrogen) atoms. The maximum atomic E-state index is 13.6. The van der Waals surface area contributed by atoms with E-state index < -0.39 is 35.1 Å². The minimum absolute atomic E-state index is 0.0266. The molecule has 0 bridgehead atoms. The zero-order valence-corrected chi connectivity index (χ0v) is 12.6. The molecule has 0 aliphatic heterocycles. The first-order chi connectivity index (χ1) is 11.5. The molecule has 4 nitrogen and oxygen atoms in total. The standard InChI is InChI=1S/C18H15F2NO3/c19-13-9-10-14(15(20)11-13)17(22)21-16(18(23)24)8-4-7-12-5-2-1-3-6-12/h1-7,9-11,16H,8H2,(H,21,22)(H,23,24)/b7-4+/t16-/m0/s1. The highest BCUT2D eigenvalue weighted by Gasteiger charge is 2.21. The number of aliphatic carboxylic acids is 1. The minimum Gasteiger partial charge on any atom is -0.480 e. The molecule has 0 spiro atoms. The molecule has 0 aromatic heterocycles. The quantitative estimate of drug-likeness (QED) is 0.854. The van der Waals surface area contributed by atoms with Gasteiger partial charge in [0.1, 0.15) is 17.7 Å². The van der Waals surface area contributed by atoms with E-state index in [4.69, 9.17) is 0 Å². The lowest BCUT2D eigenvalue weighted by Crippen LogP contribution is -2.40.